The van der Waals surface area contributed by atoms with E-state index in [1.165, 1.54) is 17.7 Å². The molecule has 0 atom stereocenters. The minimum absolute atomic E-state index is 0.0713. The fourth-order valence-electron chi connectivity index (χ4n) is 1.60. The minimum atomic E-state index is -1.23. The lowest BCUT2D eigenvalue weighted by Crippen LogP contribution is -2.22. The second kappa shape index (κ2) is 4.79. The third-order valence-electron chi connectivity index (χ3n) is 2.62. The van der Waals surface area contributed by atoms with Gasteiger partial charge in [0.1, 0.15) is 0 Å². The summed E-state index contributed by atoms with van der Waals surface area (Å²) in [5.41, 5.74) is 8.96. The largest absolute Gasteiger partial charge is 0.545 e. The molecule has 0 heterocycles. The number of nitrogen functional groups attached to an aromatic ring is 1. The molecule has 18 heavy (non-hydrogen) atoms. The van der Waals surface area contributed by atoms with Gasteiger partial charge in [-0.3, -0.25) is 0 Å². The Bertz CT molecular complexity index is 577. The van der Waals surface area contributed by atoms with Crippen molar-refractivity contribution >= 4 is 23.0 Å². The second-order valence-electron chi connectivity index (χ2n) is 4.08. The van der Waals surface area contributed by atoms with Crippen molar-refractivity contribution < 1.29 is 9.90 Å². The Hall–Kier alpha value is -2.49. The van der Waals surface area contributed by atoms with E-state index < -0.39 is 5.97 Å². The van der Waals surface area contributed by atoms with E-state index in [4.69, 9.17) is 5.73 Å². The zero-order chi connectivity index (χ0) is 13.1. The number of anilines is 3. The molecule has 0 unspecified atom stereocenters. The van der Waals surface area contributed by atoms with Crippen LogP contribution in [0.25, 0.3) is 0 Å². The van der Waals surface area contributed by atoms with Crippen molar-refractivity contribution in [2.24, 2.45) is 0 Å². The number of hydrogen-bond donors (Lipinski definition) is 2. The zero-order valence-corrected chi connectivity index (χ0v) is 9.94. The van der Waals surface area contributed by atoms with Gasteiger partial charge < -0.3 is 21.0 Å². The molecule has 0 spiro atoms. The van der Waals surface area contributed by atoms with Crippen molar-refractivity contribution in [1.29, 1.82) is 0 Å². The Morgan fingerprint density at radius 3 is 2.39 bits per heavy atom. The topological polar surface area (TPSA) is 78.2 Å². The molecule has 0 aromatic heterocycles. The van der Waals surface area contributed by atoms with E-state index in [0.29, 0.717) is 11.4 Å². The van der Waals surface area contributed by atoms with Crippen LogP contribution in [0, 0.1) is 6.92 Å². The average molecular weight is 241 g/mol. The Morgan fingerprint density at radius 1 is 1.17 bits per heavy atom. The van der Waals surface area contributed by atoms with Crippen molar-refractivity contribution in [2.75, 3.05) is 11.1 Å². The number of hydrogen-bond acceptors (Lipinski definition) is 4. The second-order valence-corrected chi connectivity index (χ2v) is 4.08. The van der Waals surface area contributed by atoms with E-state index in [1.54, 1.807) is 6.07 Å². The number of carboxylic acids is 1. The maximum atomic E-state index is 10.7. The summed E-state index contributed by atoms with van der Waals surface area (Å²) in [6.45, 7) is 2.01. The van der Waals surface area contributed by atoms with Gasteiger partial charge in [-0.1, -0.05) is 23.8 Å². The molecule has 0 amide bonds. The maximum absolute atomic E-state index is 10.7. The molecule has 0 radical (unpaired) electrons. The molecule has 2 aromatic carbocycles. The number of aryl methyl sites for hydroxylation is 1. The highest BCUT2D eigenvalue weighted by atomic mass is 16.4. The highest BCUT2D eigenvalue weighted by molar-refractivity contribution is 5.89. The first-order valence-corrected chi connectivity index (χ1v) is 5.51. The number of aromatic carboxylic acids is 1. The number of carbonyl (C=O) groups is 1. The van der Waals surface area contributed by atoms with Gasteiger partial charge in [0.25, 0.3) is 0 Å². The van der Waals surface area contributed by atoms with Crippen LogP contribution in [0.4, 0.5) is 17.1 Å². The van der Waals surface area contributed by atoms with Gasteiger partial charge in [-0.25, -0.2) is 0 Å². The van der Waals surface area contributed by atoms with E-state index in [-0.39, 0.29) is 5.56 Å². The van der Waals surface area contributed by atoms with Crippen LogP contribution in [0.15, 0.2) is 42.5 Å². The minimum Gasteiger partial charge on any atom is -0.545 e. The predicted molar refractivity (Wildman–Crippen MR) is 69.6 cm³/mol. The number of nitrogens with two attached hydrogens (primary N) is 1. The molecular weight excluding hydrogens is 228 g/mol. The number of carbonyl (C=O) groups excluding carboxylic acids is 1. The zero-order valence-electron chi connectivity index (χ0n) is 9.94. The van der Waals surface area contributed by atoms with Gasteiger partial charge in [-0.05, 0) is 36.8 Å². The molecule has 0 saturated heterocycles. The fourth-order valence-corrected chi connectivity index (χ4v) is 1.60. The van der Waals surface area contributed by atoms with E-state index in [9.17, 15) is 9.90 Å². The lowest BCUT2D eigenvalue weighted by molar-refractivity contribution is -0.255. The van der Waals surface area contributed by atoms with Crippen molar-refractivity contribution in [3.05, 3.63) is 53.6 Å². The molecule has 2 aromatic rings. The highest BCUT2D eigenvalue weighted by Crippen LogP contribution is 2.24. The van der Waals surface area contributed by atoms with Crippen LogP contribution >= 0.6 is 0 Å². The number of benzene rings is 2. The molecule has 0 saturated carbocycles. The number of carboxylic acid groups (broad SMARTS) is 1. The van der Waals surface area contributed by atoms with Crippen LogP contribution in [0.3, 0.4) is 0 Å². The van der Waals surface area contributed by atoms with E-state index in [2.05, 4.69) is 5.32 Å². The Morgan fingerprint density at radius 2 is 1.83 bits per heavy atom. The van der Waals surface area contributed by atoms with Gasteiger partial charge in [-0.2, -0.15) is 0 Å². The Balaban J connectivity index is 2.24. The average Bonchev–Trinajstić information content (AvgIpc) is 2.34. The molecule has 3 N–H and O–H groups in total. The van der Waals surface area contributed by atoms with E-state index in [1.807, 2.05) is 31.2 Å². The molecule has 0 bridgehead atoms. The van der Waals surface area contributed by atoms with Gasteiger partial charge >= 0.3 is 0 Å². The van der Waals surface area contributed by atoms with Crippen LogP contribution in [-0.4, -0.2) is 5.97 Å². The SMILES string of the molecule is Cc1ccc(Nc2ccc(C(=O)[O-])cc2N)cc1. The highest BCUT2D eigenvalue weighted by Gasteiger charge is 2.02. The molecule has 0 fully saturated rings. The maximum Gasteiger partial charge on any atom is 0.0716 e. The smallest absolute Gasteiger partial charge is 0.0716 e. The monoisotopic (exact) mass is 241 g/mol. The van der Waals surface area contributed by atoms with Crippen LogP contribution < -0.4 is 16.2 Å². The van der Waals surface area contributed by atoms with Crippen LogP contribution in [0.5, 0.6) is 0 Å². The van der Waals surface area contributed by atoms with Crippen molar-refractivity contribution in [2.45, 2.75) is 6.92 Å². The van der Waals surface area contributed by atoms with Crippen molar-refractivity contribution in [3.8, 4) is 0 Å². The van der Waals surface area contributed by atoms with E-state index >= 15 is 0 Å². The van der Waals surface area contributed by atoms with Crippen molar-refractivity contribution in [3.63, 3.8) is 0 Å². The van der Waals surface area contributed by atoms with Gasteiger partial charge in [0.05, 0.1) is 17.3 Å². The van der Waals surface area contributed by atoms with Gasteiger partial charge in [0.2, 0.25) is 0 Å². The molecule has 4 heteroatoms. The summed E-state index contributed by atoms with van der Waals surface area (Å²) < 4.78 is 0. The summed E-state index contributed by atoms with van der Waals surface area (Å²) in [5.74, 6) is -1.23. The molecular formula is C14H13N2O2-. The van der Waals surface area contributed by atoms with Crippen LogP contribution in [-0.2, 0) is 0 Å². The normalized spacial score (nSPS) is 10.1. The van der Waals surface area contributed by atoms with Crippen LogP contribution in [0.2, 0.25) is 0 Å². The summed E-state index contributed by atoms with van der Waals surface area (Å²) in [4.78, 5) is 10.7. The fraction of sp³-hybridized carbons (Fsp3) is 0.0714. The van der Waals surface area contributed by atoms with Gasteiger partial charge in [0, 0.05) is 5.69 Å². The Kier molecular flexibility index (Phi) is 3.19. The third-order valence-corrected chi connectivity index (χ3v) is 2.62. The molecule has 2 rings (SSSR count). The molecule has 0 aliphatic carbocycles. The Labute approximate surface area is 105 Å². The lowest BCUT2D eigenvalue weighted by Gasteiger charge is -2.11. The molecule has 0 aliphatic heterocycles. The first-order valence-electron chi connectivity index (χ1n) is 5.51. The molecule has 92 valence electrons. The number of nitrogens with one attached hydrogen (secondary N) is 1. The lowest BCUT2D eigenvalue weighted by atomic mass is 10.1. The summed E-state index contributed by atoms with van der Waals surface area (Å²) in [6.07, 6.45) is 0. The third kappa shape index (κ3) is 2.60. The molecule has 0 aliphatic rings. The first-order chi connectivity index (χ1) is 8.56. The predicted octanol–water partition coefficient (Wildman–Crippen LogP) is 1.68. The quantitative estimate of drug-likeness (QED) is 0.801. The standard InChI is InChI=1S/C14H14N2O2/c1-9-2-5-11(6-3-9)16-13-7-4-10(14(17)18)8-12(13)15/h2-8,16H,15H2,1H3,(H,17,18)/p-1. The summed E-state index contributed by atoms with van der Waals surface area (Å²) in [6, 6.07) is 12.3. The summed E-state index contributed by atoms with van der Waals surface area (Å²) >= 11 is 0. The summed E-state index contributed by atoms with van der Waals surface area (Å²) in [5, 5.41) is 13.8. The molecule has 4 nitrogen and oxygen atoms in total. The summed E-state index contributed by atoms with van der Waals surface area (Å²) in [7, 11) is 0. The first kappa shape index (κ1) is 12.0. The van der Waals surface area contributed by atoms with E-state index in [0.717, 1.165) is 5.69 Å². The van der Waals surface area contributed by atoms with Gasteiger partial charge in [-0.15, -0.1) is 0 Å². The number of rotatable bonds is 3. The van der Waals surface area contributed by atoms with Crippen molar-refractivity contribution in [1.82, 2.24) is 0 Å². The van der Waals surface area contributed by atoms with Gasteiger partial charge in [0.15, 0.2) is 0 Å². The van der Waals surface area contributed by atoms with Crippen LogP contribution in [0.1, 0.15) is 15.9 Å².